The van der Waals surface area contributed by atoms with Crippen molar-refractivity contribution in [2.75, 3.05) is 13.2 Å². The van der Waals surface area contributed by atoms with Crippen LogP contribution in [0.4, 0.5) is 0 Å². The minimum atomic E-state index is -0.933. The first-order chi connectivity index (χ1) is 7.65. The van der Waals surface area contributed by atoms with Crippen LogP contribution in [0.25, 0.3) is 0 Å². The van der Waals surface area contributed by atoms with Crippen molar-refractivity contribution in [1.82, 2.24) is 15.5 Å². The van der Waals surface area contributed by atoms with Gasteiger partial charge in [0.05, 0.1) is 25.2 Å². The first-order valence-electron chi connectivity index (χ1n) is 5.17. The first kappa shape index (κ1) is 12.7. The number of nitrogens with one attached hydrogen (secondary N) is 2. The SMILES string of the molecule is CCC(CO)(CO)NC(=O)Cc1ccn[nH]1. The molecule has 1 aromatic heterocycles. The van der Waals surface area contributed by atoms with Crippen LogP contribution in [0, 0.1) is 0 Å². The molecule has 0 fully saturated rings. The molecule has 0 aliphatic rings. The Morgan fingerprint density at radius 3 is 2.69 bits per heavy atom. The average Bonchev–Trinajstić information content (AvgIpc) is 2.79. The molecule has 0 unspecified atom stereocenters. The maximum absolute atomic E-state index is 11.6. The topological polar surface area (TPSA) is 98.2 Å². The van der Waals surface area contributed by atoms with Gasteiger partial charge in [0.2, 0.25) is 5.91 Å². The normalized spacial score (nSPS) is 11.4. The van der Waals surface area contributed by atoms with Crippen molar-refractivity contribution < 1.29 is 15.0 Å². The van der Waals surface area contributed by atoms with Gasteiger partial charge in [0.15, 0.2) is 0 Å². The number of H-pyrrole nitrogens is 1. The molecule has 0 saturated carbocycles. The van der Waals surface area contributed by atoms with Gasteiger partial charge in [-0.05, 0) is 12.5 Å². The van der Waals surface area contributed by atoms with E-state index in [1.54, 1.807) is 19.2 Å². The minimum Gasteiger partial charge on any atom is -0.394 e. The average molecular weight is 227 g/mol. The van der Waals surface area contributed by atoms with Gasteiger partial charge in [0, 0.05) is 11.9 Å². The fraction of sp³-hybridized carbons (Fsp3) is 0.600. The summed E-state index contributed by atoms with van der Waals surface area (Å²) in [5, 5.41) is 27.3. The largest absolute Gasteiger partial charge is 0.394 e. The molecule has 6 nitrogen and oxygen atoms in total. The monoisotopic (exact) mass is 227 g/mol. The highest BCUT2D eigenvalue weighted by molar-refractivity contribution is 5.78. The summed E-state index contributed by atoms with van der Waals surface area (Å²) in [6.07, 6.45) is 2.18. The van der Waals surface area contributed by atoms with E-state index in [2.05, 4.69) is 15.5 Å². The molecule has 0 aromatic carbocycles. The van der Waals surface area contributed by atoms with Crippen molar-refractivity contribution in [3.05, 3.63) is 18.0 Å². The number of aromatic amines is 1. The van der Waals surface area contributed by atoms with Gasteiger partial charge in [0.1, 0.15) is 0 Å². The summed E-state index contributed by atoms with van der Waals surface area (Å²) in [5.41, 5.74) is -0.240. The highest BCUT2D eigenvalue weighted by atomic mass is 16.3. The Morgan fingerprint density at radius 1 is 1.56 bits per heavy atom. The molecule has 0 spiro atoms. The molecule has 0 aliphatic heterocycles. The predicted octanol–water partition coefficient (Wildman–Crippen LogP) is -0.798. The van der Waals surface area contributed by atoms with Crippen molar-refractivity contribution in [1.29, 1.82) is 0 Å². The van der Waals surface area contributed by atoms with Crippen LogP contribution in [-0.2, 0) is 11.2 Å². The summed E-state index contributed by atoms with van der Waals surface area (Å²) in [6.45, 7) is 1.23. The zero-order valence-electron chi connectivity index (χ0n) is 9.23. The molecular formula is C10H17N3O3. The van der Waals surface area contributed by atoms with Gasteiger partial charge < -0.3 is 15.5 Å². The number of amides is 1. The van der Waals surface area contributed by atoms with Crippen molar-refractivity contribution in [2.24, 2.45) is 0 Å². The van der Waals surface area contributed by atoms with Crippen LogP contribution in [0.3, 0.4) is 0 Å². The summed E-state index contributed by atoms with van der Waals surface area (Å²) >= 11 is 0. The Labute approximate surface area is 93.7 Å². The van der Waals surface area contributed by atoms with Crippen molar-refractivity contribution in [2.45, 2.75) is 25.3 Å². The number of aliphatic hydroxyl groups is 2. The second-order valence-electron chi connectivity index (χ2n) is 3.76. The Morgan fingerprint density at radius 2 is 2.25 bits per heavy atom. The van der Waals surface area contributed by atoms with Crippen molar-refractivity contribution in [3.8, 4) is 0 Å². The molecule has 0 saturated heterocycles. The van der Waals surface area contributed by atoms with E-state index < -0.39 is 5.54 Å². The van der Waals surface area contributed by atoms with E-state index in [4.69, 9.17) is 10.2 Å². The lowest BCUT2D eigenvalue weighted by atomic mass is 9.98. The molecule has 0 atom stereocenters. The minimum absolute atomic E-state index is 0.155. The maximum atomic E-state index is 11.6. The number of aliphatic hydroxyl groups excluding tert-OH is 2. The van der Waals surface area contributed by atoms with Crippen LogP contribution >= 0.6 is 0 Å². The summed E-state index contributed by atoms with van der Waals surface area (Å²) < 4.78 is 0. The fourth-order valence-corrected chi connectivity index (χ4v) is 1.34. The second-order valence-corrected chi connectivity index (χ2v) is 3.76. The van der Waals surface area contributed by atoms with E-state index in [0.29, 0.717) is 12.1 Å². The van der Waals surface area contributed by atoms with Crippen molar-refractivity contribution >= 4 is 5.91 Å². The van der Waals surface area contributed by atoms with E-state index in [-0.39, 0.29) is 25.5 Å². The van der Waals surface area contributed by atoms with E-state index in [1.807, 2.05) is 0 Å². The molecule has 4 N–H and O–H groups in total. The molecule has 0 aliphatic carbocycles. The molecule has 1 amide bonds. The van der Waals surface area contributed by atoms with Gasteiger partial charge >= 0.3 is 0 Å². The van der Waals surface area contributed by atoms with Gasteiger partial charge in [0.25, 0.3) is 0 Å². The highest BCUT2D eigenvalue weighted by Gasteiger charge is 2.28. The van der Waals surface area contributed by atoms with Crippen LogP contribution in [0.1, 0.15) is 19.0 Å². The molecule has 90 valence electrons. The van der Waals surface area contributed by atoms with Crippen molar-refractivity contribution in [3.63, 3.8) is 0 Å². The van der Waals surface area contributed by atoms with Gasteiger partial charge in [-0.15, -0.1) is 0 Å². The number of carbonyl (C=O) groups excluding carboxylic acids is 1. The molecule has 1 rings (SSSR count). The van der Waals surface area contributed by atoms with Gasteiger partial charge in [-0.1, -0.05) is 6.92 Å². The lowest BCUT2D eigenvalue weighted by Crippen LogP contribution is -2.54. The van der Waals surface area contributed by atoms with Crippen LogP contribution in [0.15, 0.2) is 12.3 Å². The standard InChI is InChI=1S/C10H17N3O3/c1-2-10(6-14,7-15)12-9(16)5-8-3-4-11-13-8/h3-4,14-15H,2,5-7H2,1H3,(H,11,13)(H,12,16). The quantitative estimate of drug-likeness (QED) is 0.511. The lowest BCUT2D eigenvalue weighted by molar-refractivity contribution is -0.123. The van der Waals surface area contributed by atoms with E-state index >= 15 is 0 Å². The second kappa shape index (κ2) is 5.62. The number of aromatic nitrogens is 2. The summed E-state index contributed by atoms with van der Waals surface area (Å²) in [6, 6.07) is 1.70. The van der Waals surface area contributed by atoms with Crippen LogP contribution in [0.5, 0.6) is 0 Å². The van der Waals surface area contributed by atoms with Gasteiger partial charge in [-0.2, -0.15) is 5.10 Å². The number of hydrogen-bond donors (Lipinski definition) is 4. The summed E-state index contributed by atoms with van der Waals surface area (Å²) in [5.74, 6) is -0.255. The maximum Gasteiger partial charge on any atom is 0.226 e. The Hall–Kier alpha value is -1.40. The van der Waals surface area contributed by atoms with Crippen LogP contribution in [-0.4, -0.2) is 45.1 Å². The Bertz CT molecular complexity index is 312. The zero-order chi connectivity index (χ0) is 12.0. The van der Waals surface area contributed by atoms with Crippen LogP contribution < -0.4 is 5.32 Å². The molecule has 0 radical (unpaired) electrons. The molecule has 6 heteroatoms. The highest BCUT2D eigenvalue weighted by Crippen LogP contribution is 2.08. The Balaban J connectivity index is 2.55. The van der Waals surface area contributed by atoms with E-state index in [9.17, 15) is 4.79 Å². The Kier molecular flexibility index (Phi) is 4.45. The summed E-state index contributed by atoms with van der Waals surface area (Å²) in [4.78, 5) is 11.6. The first-order valence-corrected chi connectivity index (χ1v) is 5.17. The molecular weight excluding hydrogens is 210 g/mol. The number of rotatable bonds is 6. The molecule has 1 heterocycles. The smallest absolute Gasteiger partial charge is 0.226 e. The summed E-state index contributed by atoms with van der Waals surface area (Å²) in [7, 11) is 0. The van der Waals surface area contributed by atoms with E-state index in [0.717, 1.165) is 0 Å². The van der Waals surface area contributed by atoms with Gasteiger partial charge in [-0.25, -0.2) is 0 Å². The molecule has 0 bridgehead atoms. The molecule has 16 heavy (non-hydrogen) atoms. The third-order valence-corrected chi connectivity index (χ3v) is 2.60. The number of hydrogen-bond acceptors (Lipinski definition) is 4. The fourth-order valence-electron chi connectivity index (χ4n) is 1.34. The predicted molar refractivity (Wildman–Crippen MR) is 57.6 cm³/mol. The van der Waals surface area contributed by atoms with Gasteiger partial charge in [-0.3, -0.25) is 9.89 Å². The number of carbonyl (C=O) groups is 1. The lowest BCUT2D eigenvalue weighted by Gasteiger charge is -2.29. The molecule has 1 aromatic rings. The van der Waals surface area contributed by atoms with Crippen LogP contribution in [0.2, 0.25) is 0 Å². The third-order valence-electron chi connectivity index (χ3n) is 2.60. The zero-order valence-corrected chi connectivity index (χ0v) is 9.23. The third kappa shape index (κ3) is 3.04. The van der Waals surface area contributed by atoms with E-state index in [1.165, 1.54) is 0 Å². The number of nitrogens with zero attached hydrogens (tertiary/aromatic N) is 1.